The number of carbonyl (C=O) groups excluding carboxylic acids is 1. The highest BCUT2D eigenvalue weighted by atomic mass is 19.4. The second-order valence-corrected chi connectivity index (χ2v) is 6.57. The van der Waals surface area contributed by atoms with Gasteiger partial charge in [-0.05, 0) is 17.7 Å². The third-order valence-corrected chi connectivity index (χ3v) is 4.49. The fourth-order valence-corrected chi connectivity index (χ4v) is 3.01. The number of anilines is 1. The Morgan fingerprint density at radius 3 is 2.34 bits per heavy atom. The van der Waals surface area contributed by atoms with Crippen molar-refractivity contribution in [3.8, 4) is 5.75 Å². The molecule has 0 spiro atoms. The van der Waals surface area contributed by atoms with Gasteiger partial charge in [-0.2, -0.15) is 0 Å². The Morgan fingerprint density at radius 2 is 1.66 bits per heavy atom. The zero-order valence-corrected chi connectivity index (χ0v) is 15.7. The number of nitrogens with zero attached hydrogens (tertiary/aromatic N) is 2. The Morgan fingerprint density at radius 1 is 1.00 bits per heavy atom. The minimum absolute atomic E-state index is 0.0111. The summed E-state index contributed by atoms with van der Waals surface area (Å²) >= 11 is 0. The van der Waals surface area contributed by atoms with E-state index in [9.17, 15) is 18.0 Å². The normalized spacial score (nSPS) is 15.5. The van der Waals surface area contributed by atoms with Crippen LogP contribution in [0.4, 0.5) is 23.7 Å². The molecule has 0 radical (unpaired) electrons. The van der Waals surface area contributed by atoms with Gasteiger partial charge >= 0.3 is 12.4 Å². The number of benzene rings is 2. The predicted octanol–water partition coefficient (Wildman–Crippen LogP) is 4.45. The maximum atomic E-state index is 12.5. The van der Waals surface area contributed by atoms with Crippen LogP contribution in [0.1, 0.15) is 5.56 Å². The fourth-order valence-electron chi connectivity index (χ4n) is 3.01. The molecular formula is C21H22F3N3O2. The number of hydrogen-bond acceptors (Lipinski definition) is 3. The predicted molar refractivity (Wildman–Crippen MR) is 106 cm³/mol. The van der Waals surface area contributed by atoms with Crippen LogP contribution in [0, 0.1) is 0 Å². The summed E-state index contributed by atoms with van der Waals surface area (Å²) in [4.78, 5) is 16.2. The molecule has 2 amide bonds. The topological polar surface area (TPSA) is 44.8 Å². The molecular weight excluding hydrogens is 383 g/mol. The van der Waals surface area contributed by atoms with E-state index >= 15 is 0 Å². The van der Waals surface area contributed by atoms with Gasteiger partial charge < -0.3 is 15.0 Å². The first-order chi connectivity index (χ1) is 13.9. The molecule has 1 N–H and O–H groups in total. The second-order valence-electron chi connectivity index (χ2n) is 6.57. The van der Waals surface area contributed by atoms with E-state index in [1.807, 2.05) is 30.3 Å². The van der Waals surface area contributed by atoms with E-state index in [-0.39, 0.29) is 5.69 Å². The Balaban J connectivity index is 1.49. The molecule has 0 aromatic heterocycles. The molecule has 29 heavy (non-hydrogen) atoms. The number of amides is 2. The van der Waals surface area contributed by atoms with Gasteiger partial charge in [0, 0.05) is 32.7 Å². The maximum Gasteiger partial charge on any atom is 0.573 e. The highest BCUT2D eigenvalue weighted by molar-refractivity contribution is 5.91. The van der Waals surface area contributed by atoms with Crippen LogP contribution in [0.5, 0.6) is 5.75 Å². The summed E-state index contributed by atoms with van der Waals surface area (Å²) in [6, 6.07) is 15.0. The zero-order chi connectivity index (χ0) is 20.7. The van der Waals surface area contributed by atoms with Crippen LogP contribution in [0.3, 0.4) is 0 Å². The molecule has 1 saturated heterocycles. The summed E-state index contributed by atoms with van der Waals surface area (Å²) in [7, 11) is 0. The van der Waals surface area contributed by atoms with E-state index in [1.54, 1.807) is 4.90 Å². The first kappa shape index (κ1) is 20.7. The molecule has 0 aliphatic carbocycles. The van der Waals surface area contributed by atoms with Gasteiger partial charge in [-0.1, -0.05) is 54.6 Å². The quantitative estimate of drug-likeness (QED) is 0.800. The summed E-state index contributed by atoms with van der Waals surface area (Å²) < 4.78 is 41.5. The van der Waals surface area contributed by atoms with E-state index in [1.165, 1.54) is 24.3 Å². The lowest BCUT2D eigenvalue weighted by Gasteiger charge is -2.34. The highest BCUT2D eigenvalue weighted by Gasteiger charge is 2.32. The van der Waals surface area contributed by atoms with Crippen molar-refractivity contribution >= 4 is 17.8 Å². The summed E-state index contributed by atoms with van der Waals surface area (Å²) in [6.07, 6.45) is -0.688. The van der Waals surface area contributed by atoms with Gasteiger partial charge in [-0.3, -0.25) is 4.90 Å². The number of hydrogen-bond donors (Lipinski definition) is 1. The number of piperazine rings is 1. The fraction of sp³-hybridized carbons (Fsp3) is 0.286. The minimum atomic E-state index is -4.82. The van der Waals surface area contributed by atoms with Gasteiger partial charge in [0.2, 0.25) is 0 Å². The largest absolute Gasteiger partial charge is 0.573 e. The minimum Gasteiger partial charge on any atom is -0.404 e. The molecule has 2 aromatic rings. The maximum absolute atomic E-state index is 12.5. The number of nitrogens with one attached hydrogen (secondary N) is 1. The molecule has 1 fully saturated rings. The Kier molecular flexibility index (Phi) is 6.77. The number of para-hydroxylation sites is 2. The van der Waals surface area contributed by atoms with Crippen LogP contribution in [-0.2, 0) is 0 Å². The average molecular weight is 405 g/mol. The van der Waals surface area contributed by atoms with E-state index in [0.717, 1.165) is 12.1 Å². The number of rotatable bonds is 5. The van der Waals surface area contributed by atoms with E-state index in [0.29, 0.717) is 26.2 Å². The monoisotopic (exact) mass is 405 g/mol. The number of alkyl halides is 3. The van der Waals surface area contributed by atoms with Crippen molar-refractivity contribution in [2.75, 3.05) is 38.0 Å². The van der Waals surface area contributed by atoms with E-state index < -0.39 is 18.1 Å². The molecule has 1 aliphatic rings. The molecule has 1 aliphatic heterocycles. The molecule has 0 saturated carbocycles. The van der Waals surface area contributed by atoms with Crippen LogP contribution in [-0.4, -0.2) is 54.9 Å². The van der Waals surface area contributed by atoms with Crippen LogP contribution < -0.4 is 10.1 Å². The first-order valence-corrected chi connectivity index (χ1v) is 9.25. The smallest absolute Gasteiger partial charge is 0.404 e. The Labute approximate surface area is 167 Å². The van der Waals surface area contributed by atoms with Gasteiger partial charge in [-0.15, -0.1) is 13.2 Å². The lowest BCUT2D eigenvalue weighted by Crippen LogP contribution is -2.49. The summed E-state index contributed by atoms with van der Waals surface area (Å²) in [5.41, 5.74) is 1.12. The van der Waals surface area contributed by atoms with Crippen molar-refractivity contribution in [2.45, 2.75) is 6.36 Å². The third-order valence-electron chi connectivity index (χ3n) is 4.49. The molecule has 0 bridgehead atoms. The second kappa shape index (κ2) is 9.47. The lowest BCUT2D eigenvalue weighted by molar-refractivity contribution is -0.274. The Bertz CT molecular complexity index is 833. The molecule has 154 valence electrons. The summed E-state index contributed by atoms with van der Waals surface area (Å²) in [5.74, 6) is -0.432. The molecule has 1 heterocycles. The van der Waals surface area contributed by atoms with Crippen molar-refractivity contribution in [2.24, 2.45) is 0 Å². The van der Waals surface area contributed by atoms with E-state index in [2.05, 4.69) is 27.1 Å². The van der Waals surface area contributed by atoms with Crippen LogP contribution >= 0.6 is 0 Å². The molecule has 2 aromatic carbocycles. The molecule has 0 atom stereocenters. The zero-order valence-electron chi connectivity index (χ0n) is 15.7. The van der Waals surface area contributed by atoms with Crippen molar-refractivity contribution in [1.29, 1.82) is 0 Å². The number of carbonyl (C=O) groups is 1. The molecule has 0 unspecified atom stereocenters. The van der Waals surface area contributed by atoms with Crippen molar-refractivity contribution in [1.82, 2.24) is 9.80 Å². The van der Waals surface area contributed by atoms with Crippen LogP contribution in [0.25, 0.3) is 6.08 Å². The SMILES string of the molecule is O=C(Nc1ccccc1OC(F)(F)F)N1CCN(CC=Cc2ccccc2)CC1. The third kappa shape index (κ3) is 6.53. The number of ether oxygens (including phenoxy) is 1. The summed E-state index contributed by atoms with van der Waals surface area (Å²) in [5, 5.41) is 2.51. The van der Waals surface area contributed by atoms with E-state index in [4.69, 9.17) is 0 Å². The molecule has 3 rings (SSSR count). The van der Waals surface area contributed by atoms with Gasteiger partial charge in [0.1, 0.15) is 0 Å². The number of urea groups is 1. The van der Waals surface area contributed by atoms with Gasteiger partial charge in [-0.25, -0.2) is 4.79 Å². The van der Waals surface area contributed by atoms with Gasteiger partial charge in [0.05, 0.1) is 5.69 Å². The Hall–Kier alpha value is -3.00. The highest BCUT2D eigenvalue weighted by Crippen LogP contribution is 2.30. The van der Waals surface area contributed by atoms with Crippen molar-refractivity contribution < 1.29 is 22.7 Å². The number of halogens is 3. The van der Waals surface area contributed by atoms with Crippen molar-refractivity contribution in [3.05, 3.63) is 66.2 Å². The van der Waals surface area contributed by atoms with Gasteiger partial charge in [0.25, 0.3) is 0 Å². The van der Waals surface area contributed by atoms with Gasteiger partial charge in [0.15, 0.2) is 5.75 Å². The summed E-state index contributed by atoms with van der Waals surface area (Å²) in [6.45, 7) is 3.13. The molecule has 8 heteroatoms. The molecule has 5 nitrogen and oxygen atoms in total. The van der Waals surface area contributed by atoms with Crippen LogP contribution in [0.15, 0.2) is 60.7 Å². The van der Waals surface area contributed by atoms with Crippen LogP contribution in [0.2, 0.25) is 0 Å². The first-order valence-electron chi connectivity index (χ1n) is 9.25. The standard InChI is InChI=1S/C21H22F3N3O2/c22-21(23,24)29-19-11-5-4-10-18(19)25-20(28)27-15-13-26(14-16-27)12-6-9-17-7-2-1-3-8-17/h1-11H,12-16H2,(H,25,28). The average Bonchev–Trinajstić information content (AvgIpc) is 2.70. The van der Waals surface area contributed by atoms with Crippen molar-refractivity contribution in [3.63, 3.8) is 0 Å². The lowest BCUT2D eigenvalue weighted by atomic mass is 10.2.